The van der Waals surface area contributed by atoms with Crippen molar-refractivity contribution in [3.63, 3.8) is 0 Å². The number of nitrogens with two attached hydrogens (primary N) is 1. The van der Waals surface area contributed by atoms with Crippen LogP contribution in [-0.4, -0.2) is 65.5 Å². The number of hydrogen-bond donors (Lipinski definition) is 2. The highest BCUT2D eigenvalue weighted by molar-refractivity contribution is 7.57. The van der Waals surface area contributed by atoms with E-state index in [1.54, 1.807) is 55.3 Å². The molecule has 12 nitrogen and oxygen atoms in total. The van der Waals surface area contributed by atoms with Crippen molar-refractivity contribution in [2.45, 2.75) is 115 Å². The van der Waals surface area contributed by atoms with Gasteiger partial charge in [-0.1, -0.05) is 99.5 Å². The molecule has 3 N–H and O–H groups in total. The summed E-state index contributed by atoms with van der Waals surface area (Å²) >= 11 is 0. The number of hydrogen-bond acceptors (Lipinski definition) is 8. The fraction of sp³-hybridized carbons (Fsp3) is 0.468. The van der Waals surface area contributed by atoms with Crippen LogP contribution in [0.4, 0.5) is 0 Å². The van der Waals surface area contributed by atoms with Gasteiger partial charge in [0.1, 0.15) is 11.8 Å². The lowest BCUT2D eigenvalue weighted by molar-refractivity contribution is -0.145. The molecule has 1 saturated carbocycles. The molecule has 3 aliphatic rings. The van der Waals surface area contributed by atoms with Gasteiger partial charge in [0.2, 0.25) is 11.8 Å². The molecule has 2 heterocycles. The number of likely N-dealkylation sites (tertiary alicyclic amines) is 1. The molecule has 60 heavy (non-hydrogen) atoms. The van der Waals surface area contributed by atoms with Crippen LogP contribution >= 0.6 is 7.52 Å². The summed E-state index contributed by atoms with van der Waals surface area (Å²) < 4.78 is 25.4. The third kappa shape index (κ3) is 12.5. The van der Waals surface area contributed by atoms with Crippen LogP contribution in [0.1, 0.15) is 125 Å². The minimum absolute atomic E-state index is 0.141. The summed E-state index contributed by atoms with van der Waals surface area (Å²) in [4.78, 5) is 48.1. The van der Waals surface area contributed by atoms with E-state index in [0.717, 1.165) is 68.1 Å². The number of fused-ring (bicyclic) bond motifs is 1. The van der Waals surface area contributed by atoms with E-state index in [4.69, 9.17) is 15.0 Å². The Morgan fingerprint density at radius 2 is 1.55 bits per heavy atom. The molecule has 322 valence electrons. The fourth-order valence-corrected chi connectivity index (χ4v) is 9.80. The van der Waals surface area contributed by atoms with Crippen LogP contribution < -0.4 is 15.3 Å². The molecule has 4 aromatic rings. The highest BCUT2D eigenvalue weighted by atomic mass is 31.2. The average molecular weight is 840 g/mol. The number of rotatable bonds is 16. The summed E-state index contributed by atoms with van der Waals surface area (Å²) in [6, 6.07) is 29.2. The number of unbranched alkanes of at least 4 members (excludes halogenated alkanes) is 2. The van der Waals surface area contributed by atoms with Crippen LogP contribution in [0.3, 0.4) is 0 Å². The van der Waals surface area contributed by atoms with E-state index in [1.807, 2.05) is 48.2 Å². The van der Waals surface area contributed by atoms with Gasteiger partial charge in [0, 0.05) is 37.5 Å². The molecule has 1 spiro atoms. The summed E-state index contributed by atoms with van der Waals surface area (Å²) in [5.41, 5.74) is 7.41. The van der Waals surface area contributed by atoms with Gasteiger partial charge in [0.25, 0.3) is 0 Å². The third-order valence-electron chi connectivity index (χ3n) is 11.5. The highest BCUT2D eigenvalue weighted by Crippen LogP contribution is 2.57. The molecule has 3 fully saturated rings. The first-order valence-electron chi connectivity index (χ1n) is 21.5. The average Bonchev–Trinajstić information content (AvgIpc) is 3.64. The molecule has 4 aromatic carbocycles. The van der Waals surface area contributed by atoms with E-state index in [2.05, 4.69) is 41.6 Å². The maximum absolute atomic E-state index is 14.2. The number of nitrogens with one attached hydrogen (secondary N) is 1. The Morgan fingerprint density at radius 3 is 2.15 bits per heavy atom. The van der Waals surface area contributed by atoms with E-state index in [-0.39, 0.29) is 12.1 Å². The topological polar surface area (TPSA) is 161 Å². The van der Waals surface area contributed by atoms with Crippen molar-refractivity contribution in [3.8, 4) is 5.75 Å². The molecule has 2 aliphatic heterocycles. The molecular weight excluding hydrogens is 778 g/mol. The largest absolute Gasteiger partial charge is 0.465 e. The van der Waals surface area contributed by atoms with Gasteiger partial charge >= 0.3 is 13.5 Å². The number of para-hydroxylation sites is 1. The molecular formula is C47H62N5O7P. The molecule has 4 atom stereocenters. The summed E-state index contributed by atoms with van der Waals surface area (Å²) in [7, 11) is -3.65. The molecule has 0 aromatic heterocycles. The third-order valence-corrected chi connectivity index (χ3v) is 14.1. The Morgan fingerprint density at radius 1 is 0.883 bits per heavy atom. The number of carbonyl (C=O) groups is 3. The van der Waals surface area contributed by atoms with Crippen molar-refractivity contribution in [2.75, 3.05) is 26.2 Å². The van der Waals surface area contributed by atoms with Crippen molar-refractivity contribution < 1.29 is 28.2 Å². The van der Waals surface area contributed by atoms with Crippen LogP contribution in [0, 0.1) is 4.91 Å². The van der Waals surface area contributed by atoms with Crippen LogP contribution in [-0.2, 0) is 18.9 Å². The number of amides is 2. The van der Waals surface area contributed by atoms with E-state index < -0.39 is 31.1 Å². The van der Waals surface area contributed by atoms with Crippen molar-refractivity contribution in [1.29, 1.82) is 0 Å². The second kappa shape index (κ2) is 22.0. The van der Waals surface area contributed by atoms with Gasteiger partial charge in [-0.2, -0.15) is 0 Å². The van der Waals surface area contributed by atoms with Gasteiger partial charge in [-0.15, -0.1) is 4.91 Å². The van der Waals surface area contributed by atoms with Crippen molar-refractivity contribution in [3.05, 3.63) is 119 Å². The summed E-state index contributed by atoms with van der Waals surface area (Å²) in [6.45, 7) is 10.5. The lowest BCUT2D eigenvalue weighted by Crippen LogP contribution is -2.35. The highest BCUT2D eigenvalue weighted by Gasteiger charge is 2.55. The standard InChI is InChI=1S/C25H29N2O5P.C12H14N2O.C10H19NO/c1-4-14-31-25(29)17(2)27-33(30,32-23-8-6-5-7-9-23)18(3)20-12-10-19-11-13-21(24(26)28)16-22(19)15-20;15-13-14-9-11(8-12(14)6-7-12)10-4-2-1-3-5-10;1-2-3-4-7-10(12)11-8-5-6-9-11/h5-13,15-18H,4,14H2,1-3H3,(H2,26,28)(H,27,30);1-5,11H,6-9H2;2-9H2,1H3. The molecule has 7 rings (SSSR count). The Hall–Kier alpha value is -5.06. The first-order valence-corrected chi connectivity index (χ1v) is 23.2. The molecule has 4 unspecified atom stereocenters. The van der Waals surface area contributed by atoms with Gasteiger partial charge in [0.15, 0.2) is 0 Å². The number of nitrogens with zero attached hydrogens (tertiary/aromatic N) is 3. The predicted molar refractivity (Wildman–Crippen MR) is 238 cm³/mol. The minimum atomic E-state index is -3.65. The molecule has 2 amide bonds. The molecule has 1 aliphatic carbocycles. The van der Waals surface area contributed by atoms with Crippen molar-refractivity contribution in [1.82, 2.24) is 15.0 Å². The zero-order valence-electron chi connectivity index (χ0n) is 35.6. The number of benzene rings is 4. The predicted octanol–water partition coefficient (Wildman–Crippen LogP) is 10.1. The van der Waals surface area contributed by atoms with Crippen LogP contribution in [0.2, 0.25) is 0 Å². The van der Waals surface area contributed by atoms with Crippen molar-refractivity contribution >= 4 is 36.1 Å². The normalized spacial score (nSPS) is 18.2. The Labute approximate surface area is 355 Å². The Balaban J connectivity index is 0.000000205. The summed E-state index contributed by atoms with van der Waals surface area (Å²) in [5.74, 6) is 0.276. The number of primary amides is 1. The first-order chi connectivity index (χ1) is 28.9. The fourth-order valence-electron chi connectivity index (χ4n) is 7.74. The quantitative estimate of drug-likeness (QED) is 0.0484. The number of ether oxygens (including phenoxy) is 1. The van der Waals surface area contributed by atoms with Crippen LogP contribution in [0.25, 0.3) is 10.8 Å². The lowest BCUT2D eigenvalue weighted by atomic mass is 9.96. The molecule has 0 radical (unpaired) electrons. The summed E-state index contributed by atoms with van der Waals surface area (Å²) in [6.07, 6.45) is 10.7. The maximum atomic E-state index is 14.2. The van der Waals surface area contributed by atoms with Gasteiger partial charge in [0.05, 0.1) is 23.1 Å². The number of esters is 1. The molecule has 0 bridgehead atoms. The second-order valence-electron chi connectivity index (χ2n) is 16.1. The Kier molecular flexibility index (Phi) is 16.9. The van der Waals surface area contributed by atoms with Gasteiger partial charge in [-0.25, -0.2) is 5.09 Å². The van der Waals surface area contributed by atoms with E-state index in [0.29, 0.717) is 29.6 Å². The van der Waals surface area contributed by atoms with Crippen LogP contribution in [0.15, 0.2) is 102 Å². The van der Waals surface area contributed by atoms with Gasteiger partial charge in [-0.3, -0.25) is 24.0 Å². The van der Waals surface area contributed by atoms with Gasteiger partial charge in [-0.05, 0) is 105 Å². The Bertz CT molecular complexity index is 2070. The number of nitroso groups, excluding NO2 is 1. The zero-order chi connectivity index (χ0) is 43.1. The van der Waals surface area contributed by atoms with Crippen molar-refractivity contribution in [2.24, 2.45) is 11.0 Å². The molecule has 2 saturated heterocycles. The van der Waals surface area contributed by atoms with E-state index >= 15 is 0 Å². The maximum Gasteiger partial charge on any atom is 0.324 e. The smallest absolute Gasteiger partial charge is 0.324 e. The monoisotopic (exact) mass is 839 g/mol. The second-order valence-corrected chi connectivity index (χ2v) is 18.5. The summed E-state index contributed by atoms with van der Waals surface area (Å²) in [5, 5.41) is 9.55. The van der Waals surface area contributed by atoms with E-state index in [1.165, 1.54) is 31.2 Å². The minimum Gasteiger partial charge on any atom is -0.465 e. The first kappa shape index (κ1) is 46.0. The lowest BCUT2D eigenvalue weighted by Gasteiger charge is -2.28. The van der Waals surface area contributed by atoms with Gasteiger partial charge < -0.3 is 19.9 Å². The van der Waals surface area contributed by atoms with Crippen LogP contribution in [0.5, 0.6) is 5.75 Å². The molecule has 13 heteroatoms. The SMILES string of the molecule is CCCCCC(=O)N1CCCC1.CCCOC(=O)C(C)NP(=O)(Oc1ccccc1)C(C)c1ccc2ccc(C(N)=O)cc2c1.O=NN1CC(c2ccccc2)CC12CC2. The zero-order valence-corrected chi connectivity index (χ0v) is 36.5. The van der Waals surface area contributed by atoms with E-state index in [9.17, 15) is 23.9 Å². The number of carbonyl (C=O) groups excluding carboxylic acids is 3.